The molecule has 10 heteroatoms. The van der Waals surface area contributed by atoms with Gasteiger partial charge in [0.1, 0.15) is 25.1 Å². The van der Waals surface area contributed by atoms with Gasteiger partial charge in [0, 0.05) is 18.3 Å². The Morgan fingerprint density at radius 2 is 1.41 bits per heavy atom. The van der Waals surface area contributed by atoms with Crippen molar-refractivity contribution < 1.29 is 23.9 Å². The molecule has 1 saturated heterocycles. The Morgan fingerprint density at radius 3 is 1.93 bits per heavy atom. The molecule has 0 spiro atoms. The SMILES string of the molecule is C=CCOC(=O)NC(C)=NCCNC(=O)[C@@H]1C[C@H](SC(c2ccccc2)(c2ccccc2)c2ccccc2)CN1C(=O)OCC=C. The maximum Gasteiger partial charge on any atom is 0.412 e. The summed E-state index contributed by atoms with van der Waals surface area (Å²) in [5.74, 6) is 0.0592. The van der Waals surface area contributed by atoms with E-state index in [2.05, 4.69) is 65.2 Å². The molecule has 46 heavy (non-hydrogen) atoms. The van der Waals surface area contributed by atoms with Crippen LogP contribution in [0.25, 0.3) is 0 Å². The summed E-state index contributed by atoms with van der Waals surface area (Å²) in [6.07, 6.45) is 2.19. The lowest BCUT2D eigenvalue weighted by Gasteiger charge is -2.37. The van der Waals surface area contributed by atoms with Crippen LogP contribution in [0.5, 0.6) is 0 Å². The molecule has 3 aromatic carbocycles. The molecular formula is C36H40N4O5S. The van der Waals surface area contributed by atoms with Crippen LogP contribution in [-0.4, -0.2) is 73.0 Å². The van der Waals surface area contributed by atoms with Crippen molar-refractivity contribution in [3.05, 3.63) is 133 Å². The predicted octanol–water partition coefficient (Wildman–Crippen LogP) is 5.92. The fourth-order valence-corrected chi connectivity index (χ4v) is 7.23. The summed E-state index contributed by atoms with van der Waals surface area (Å²) in [7, 11) is 0. The van der Waals surface area contributed by atoms with Crippen LogP contribution in [0.4, 0.5) is 9.59 Å². The summed E-state index contributed by atoms with van der Waals surface area (Å²) in [5, 5.41) is 5.31. The van der Waals surface area contributed by atoms with Crippen LogP contribution in [0.2, 0.25) is 0 Å². The van der Waals surface area contributed by atoms with Crippen molar-refractivity contribution in [2.24, 2.45) is 4.99 Å². The van der Waals surface area contributed by atoms with Gasteiger partial charge in [-0.15, -0.1) is 11.8 Å². The quantitative estimate of drug-likeness (QED) is 0.0789. The van der Waals surface area contributed by atoms with E-state index in [1.54, 1.807) is 18.7 Å². The van der Waals surface area contributed by atoms with Gasteiger partial charge in [0.15, 0.2) is 0 Å². The van der Waals surface area contributed by atoms with Crippen LogP contribution in [0.1, 0.15) is 30.0 Å². The molecule has 1 fully saturated rings. The van der Waals surface area contributed by atoms with Gasteiger partial charge in [0.05, 0.1) is 11.3 Å². The van der Waals surface area contributed by atoms with E-state index < -0.39 is 23.0 Å². The molecule has 240 valence electrons. The number of hydrogen-bond donors (Lipinski definition) is 2. The zero-order valence-corrected chi connectivity index (χ0v) is 26.8. The molecule has 1 heterocycles. The van der Waals surface area contributed by atoms with Gasteiger partial charge in [0.2, 0.25) is 5.91 Å². The normalized spacial score (nSPS) is 16.3. The molecule has 0 aliphatic carbocycles. The number of rotatable bonds is 13. The van der Waals surface area contributed by atoms with Crippen LogP contribution >= 0.6 is 11.8 Å². The summed E-state index contributed by atoms with van der Waals surface area (Å²) < 4.78 is 9.69. The number of nitrogens with zero attached hydrogens (tertiary/aromatic N) is 2. The molecule has 1 aliphatic heterocycles. The van der Waals surface area contributed by atoms with E-state index in [4.69, 9.17) is 9.47 Å². The van der Waals surface area contributed by atoms with E-state index in [-0.39, 0.29) is 37.5 Å². The highest BCUT2D eigenvalue weighted by atomic mass is 32.2. The van der Waals surface area contributed by atoms with Gasteiger partial charge < -0.3 is 14.8 Å². The van der Waals surface area contributed by atoms with Crippen LogP contribution in [0, 0.1) is 0 Å². The van der Waals surface area contributed by atoms with E-state index >= 15 is 0 Å². The minimum atomic E-state index is -0.744. The molecule has 0 saturated carbocycles. The molecule has 0 aromatic heterocycles. The van der Waals surface area contributed by atoms with E-state index in [0.29, 0.717) is 18.8 Å². The smallest absolute Gasteiger partial charge is 0.412 e. The molecule has 0 bridgehead atoms. The first-order chi connectivity index (χ1) is 22.4. The zero-order valence-electron chi connectivity index (χ0n) is 26.0. The van der Waals surface area contributed by atoms with Gasteiger partial charge in [0.25, 0.3) is 0 Å². The molecule has 9 nitrogen and oxygen atoms in total. The standard InChI is InChI=1S/C36H40N4O5S/c1-4-23-44-34(42)39-27(3)37-21-22-38-33(41)32-25-31(26-40(32)35(43)45-24-5-2)46-36(28-15-9-6-10-16-28,29-17-11-7-12-18-29)30-19-13-8-14-20-30/h4-20,31-32H,1-2,21-26H2,3H3,(H,38,41)(H,37,39,42)/t31-,32-/m0/s1. The summed E-state index contributed by atoms with van der Waals surface area (Å²) in [6.45, 7) is 9.67. The zero-order chi connectivity index (χ0) is 32.8. The molecule has 1 aliphatic rings. The number of hydrogen-bond acceptors (Lipinski definition) is 7. The second-order valence-electron chi connectivity index (χ2n) is 10.6. The fourth-order valence-electron chi connectivity index (χ4n) is 5.40. The summed E-state index contributed by atoms with van der Waals surface area (Å²) >= 11 is 1.74. The minimum Gasteiger partial charge on any atom is -0.445 e. The Morgan fingerprint density at radius 1 is 0.891 bits per heavy atom. The number of amidine groups is 1. The van der Waals surface area contributed by atoms with E-state index in [1.807, 2.05) is 54.6 Å². The van der Waals surface area contributed by atoms with Crippen LogP contribution in [0.3, 0.4) is 0 Å². The Balaban J connectivity index is 1.57. The van der Waals surface area contributed by atoms with Crippen LogP contribution < -0.4 is 10.6 Å². The van der Waals surface area contributed by atoms with Crippen molar-refractivity contribution in [2.75, 3.05) is 32.8 Å². The third-order valence-corrected chi connectivity index (χ3v) is 9.12. The number of nitrogens with one attached hydrogen (secondary N) is 2. The Hall–Kier alpha value is -4.83. The monoisotopic (exact) mass is 640 g/mol. The highest BCUT2D eigenvalue weighted by molar-refractivity contribution is 8.01. The van der Waals surface area contributed by atoms with Gasteiger partial charge >= 0.3 is 12.2 Å². The maximum atomic E-state index is 13.6. The largest absolute Gasteiger partial charge is 0.445 e. The third-order valence-electron chi connectivity index (χ3n) is 7.38. The van der Waals surface area contributed by atoms with Gasteiger partial charge in [-0.05, 0) is 30.0 Å². The van der Waals surface area contributed by atoms with Gasteiger partial charge in [-0.3, -0.25) is 20.0 Å². The molecule has 3 aromatic rings. The number of likely N-dealkylation sites (tertiary alicyclic amines) is 1. The van der Waals surface area contributed by atoms with Gasteiger partial charge in [-0.1, -0.05) is 116 Å². The molecule has 2 atom stereocenters. The maximum absolute atomic E-state index is 13.6. The van der Waals surface area contributed by atoms with Gasteiger partial charge in [-0.25, -0.2) is 9.59 Å². The van der Waals surface area contributed by atoms with E-state index in [9.17, 15) is 14.4 Å². The lowest BCUT2D eigenvalue weighted by Crippen LogP contribution is -2.46. The third kappa shape index (κ3) is 8.66. The topological polar surface area (TPSA) is 109 Å². The average molecular weight is 641 g/mol. The molecule has 2 N–H and O–H groups in total. The number of ether oxygens (including phenoxy) is 2. The lowest BCUT2D eigenvalue weighted by molar-refractivity contribution is -0.125. The average Bonchev–Trinajstić information content (AvgIpc) is 3.52. The number of benzene rings is 3. The van der Waals surface area contributed by atoms with E-state index in [0.717, 1.165) is 16.7 Å². The van der Waals surface area contributed by atoms with E-state index in [1.165, 1.54) is 17.1 Å². The molecule has 0 radical (unpaired) electrons. The summed E-state index contributed by atoms with van der Waals surface area (Å²) in [4.78, 5) is 44.3. The highest BCUT2D eigenvalue weighted by Crippen LogP contribution is 2.52. The molecule has 4 rings (SSSR count). The van der Waals surface area contributed by atoms with Crippen molar-refractivity contribution in [3.8, 4) is 0 Å². The molecular weight excluding hydrogens is 600 g/mol. The second kappa shape index (κ2) is 17.0. The second-order valence-corrected chi connectivity index (χ2v) is 12.1. The minimum absolute atomic E-state index is 0.0414. The number of alkyl carbamates (subject to hydrolysis) is 1. The fraction of sp³-hybridized carbons (Fsp3) is 0.278. The van der Waals surface area contributed by atoms with Gasteiger partial charge in [-0.2, -0.15) is 0 Å². The highest BCUT2D eigenvalue weighted by Gasteiger charge is 2.46. The number of carbonyl (C=O) groups is 3. The number of thioether (sulfide) groups is 1. The van der Waals surface area contributed by atoms with Crippen molar-refractivity contribution >= 4 is 35.7 Å². The lowest BCUT2D eigenvalue weighted by atomic mass is 9.84. The molecule has 0 unspecified atom stereocenters. The Labute approximate surface area is 274 Å². The van der Waals surface area contributed by atoms with Crippen molar-refractivity contribution in [3.63, 3.8) is 0 Å². The summed E-state index contributed by atoms with van der Waals surface area (Å²) in [5.41, 5.74) is 3.30. The Bertz CT molecular complexity index is 1400. The van der Waals surface area contributed by atoms with Crippen molar-refractivity contribution in [2.45, 2.75) is 29.4 Å². The first-order valence-electron chi connectivity index (χ1n) is 15.1. The summed E-state index contributed by atoms with van der Waals surface area (Å²) in [6, 6.07) is 30.2. The van der Waals surface area contributed by atoms with Crippen molar-refractivity contribution in [1.29, 1.82) is 0 Å². The first kappa shape index (κ1) is 34.1. The number of amides is 3. The predicted molar refractivity (Wildman–Crippen MR) is 183 cm³/mol. The van der Waals surface area contributed by atoms with Crippen molar-refractivity contribution in [1.82, 2.24) is 15.5 Å². The Kier molecular flexibility index (Phi) is 12.6. The number of aliphatic imine (C=N–C) groups is 1. The first-order valence-corrected chi connectivity index (χ1v) is 16.0. The molecule has 3 amide bonds. The van der Waals surface area contributed by atoms with Crippen LogP contribution in [-0.2, 0) is 19.0 Å². The number of carbonyl (C=O) groups excluding carboxylic acids is 3. The van der Waals surface area contributed by atoms with Crippen LogP contribution in [0.15, 0.2) is 121 Å².